The van der Waals surface area contributed by atoms with Crippen molar-refractivity contribution in [2.45, 2.75) is 70.6 Å². The number of halogens is 1. The summed E-state index contributed by atoms with van der Waals surface area (Å²) in [7, 11) is 0. The highest BCUT2D eigenvalue weighted by Gasteiger charge is 2.30. The first-order valence-corrected chi connectivity index (χ1v) is 8.94. The van der Waals surface area contributed by atoms with E-state index in [0.29, 0.717) is 12.3 Å². The largest absolute Gasteiger partial charge is 0.251 e. The van der Waals surface area contributed by atoms with Crippen LogP contribution in [0.1, 0.15) is 70.6 Å². The second-order valence-electron chi connectivity index (χ2n) is 7.05. The molecule has 118 valence electrons. The molecule has 0 radical (unpaired) electrons. The summed E-state index contributed by atoms with van der Waals surface area (Å²) in [5.41, 5.74) is 0. The molecule has 0 unspecified atom stereocenters. The number of rotatable bonds is 6. The Kier molecular flexibility index (Phi) is 7.27. The average Bonchev–Trinajstić information content (AvgIpc) is 2.55. The molecule has 0 heterocycles. The van der Waals surface area contributed by atoms with Gasteiger partial charge in [0.15, 0.2) is 0 Å². The minimum Gasteiger partial charge on any atom is -0.251 e. The number of hydrogen-bond acceptors (Lipinski definition) is 1. The van der Waals surface area contributed by atoms with Crippen LogP contribution in [0.25, 0.3) is 0 Å². The molecule has 0 aromatic heterocycles. The van der Waals surface area contributed by atoms with Crippen LogP contribution in [0.4, 0.5) is 4.39 Å². The van der Waals surface area contributed by atoms with Gasteiger partial charge in [0.25, 0.3) is 0 Å². The quantitative estimate of drug-likeness (QED) is 0.566. The Morgan fingerprint density at radius 2 is 1.43 bits per heavy atom. The second kappa shape index (κ2) is 9.23. The van der Waals surface area contributed by atoms with Gasteiger partial charge in [0, 0.05) is 5.92 Å². The lowest BCUT2D eigenvalue weighted by Gasteiger charge is -2.36. The Labute approximate surface area is 129 Å². The molecule has 0 spiro atoms. The molecular formula is C19H30FN. The second-order valence-corrected chi connectivity index (χ2v) is 7.05. The molecule has 2 heteroatoms. The van der Waals surface area contributed by atoms with Crippen molar-refractivity contribution in [3.63, 3.8) is 0 Å². The summed E-state index contributed by atoms with van der Waals surface area (Å²) in [6.07, 6.45) is 17.6. The minimum atomic E-state index is -0.227. The van der Waals surface area contributed by atoms with E-state index in [4.69, 9.17) is 5.26 Å². The van der Waals surface area contributed by atoms with Crippen LogP contribution in [0, 0.1) is 35.0 Å². The molecule has 2 aliphatic rings. The molecular weight excluding hydrogens is 261 g/mol. The molecule has 1 nitrogen and oxygen atoms in total. The SMILES string of the molecule is N#CC1CCC(C2CCC(CC/C=C/CCF)CC2)CC1. The van der Waals surface area contributed by atoms with Crippen LogP contribution in [0.15, 0.2) is 12.2 Å². The number of allylic oxidation sites excluding steroid dienone is 2. The van der Waals surface area contributed by atoms with Crippen molar-refractivity contribution >= 4 is 0 Å². The van der Waals surface area contributed by atoms with Crippen LogP contribution in [-0.4, -0.2) is 6.67 Å². The van der Waals surface area contributed by atoms with Crippen LogP contribution < -0.4 is 0 Å². The summed E-state index contributed by atoms with van der Waals surface area (Å²) < 4.78 is 12.0. The Morgan fingerprint density at radius 3 is 2.00 bits per heavy atom. The van der Waals surface area contributed by atoms with E-state index >= 15 is 0 Å². The highest BCUT2D eigenvalue weighted by molar-refractivity contribution is 4.90. The molecule has 0 N–H and O–H groups in total. The molecule has 2 saturated carbocycles. The lowest BCUT2D eigenvalue weighted by Crippen LogP contribution is -2.25. The van der Waals surface area contributed by atoms with Gasteiger partial charge in [0.05, 0.1) is 12.7 Å². The summed E-state index contributed by atoms with van der Waals surface area (Å²) in [6.45, 7) is -0.227. The van der Waals surface area contributed by atoms with Crippen molar-refractivity contribution in [3.05, 3.63) is 12.2 Å². The van der Waals surface area contributed by atoms with Gasteiger partial charge < -0.3 is 0 Å². The van der Waals surface area contributed by atoms with Crippen molar-refractivity contribution in [1.82, 2.24) is 0 Å². The van der Waals surface area contributed by atoms with Gasteiger partial charge in [-0.25, -0.2) is 0 Å². The van der Waals surface area contributed by atoms with Gasteiger partial charge >= 0.3 is 0 Å². The molecule has 0 aromatic carbocycles. The summed E-state index contributed by atoms with van der Waals surface area (Å²) in [5, 5.41) is 8.98. The third kappa shape index (κ3) is 5.46. The van der Waals surface area contributed by atoms with Crippen molar-refractivity contribution < 1.29 is 4.39 Å². The summed E-state index contributed by atoms with van der Waals surface area (Å²) in [6, 6.07) is 2.44. The van der Waals surface area contributed by atoms with Gasteiger partial charge in [-0.1, -0.05) is 25.0 Å². The Balaban J connectivity index is 1.61. The molecule has 0 aliphatic heterocycles. The predicted molar refractivity (Wildman–Crippen MR) is 85.5 cm³/mol. The van der Waals surface area contributed by atoms with Crippen LogP contribution in [0.3, 0.4) is 0 Å². The van der Waals surface area contributed by atoms with Gasteiger partial charge in [-0.2, -0.15) is 5.26 Å². The molecule has 0 bridgehead atoms. The zero-order valence-electron chi connectivity index (χ0n) is 13.3. The predicted octanol–water partition coefficient (Wildman–Crippen LogP) is 5.82. The first-order valence-electron chi connectivity index (χ1n) is 8.94. The van der Waals surface area contributed by atoms with Gasteiger partial charge in [-0.3, -0.25) is 4.39 Å². The van der Waals surface area contributed by atoms with Crippen LogP contribution in [0.5, 0.6) is 0 Å². The molecule has 0 saturated heterocycles. The summed E-state index contributed by atoms with van der Waals surface area (Å²) in [4.78, 5) is 0. The zero-order valence-corrected chi connectivity index (χ0v) is 13.3. The topological polar surface area (TPSA) is 23.8 Å². The molecule has 2 aliphatic carbocycles. The maximum absolute atomic E-state index is 12.0. The van der Waals surface area contributed by atoms with Gasteiger partial charge in [-0.15, -0.1) is 0 Å². The maximum atomic E-state index is 12.0. The molecule has 0 atom stereocenters. The Morgan fingerprint density at radius 1 is 0.857 bits per heavy atom. The van der Waals surface area contributed by atoms with Crippen LogP contribution in [0.2, 0.25) is 0 Å². The van der Waals surface area contributed by atoms with E-state index in [0.717, 1.165) is 37.0 Å². The van der Waals surface area contributed by atoms with E-state index in [-0.39, 0.29) is 6.67 Å². The first-order chi connectivity index (χ1) is 10.3. The lowest BCUT2D eigenvalue weighted by molar-refractivity contribution is 0.154. The monoisotopic (exact) mass is 291 g/mol. The first kappa shape index (κ1) is 16.5. The van der Waals surface area contributed by atoms with Gasteiger partial charge in [0.2, 0.25) is 0 Å². The van der Waals surface area contributed by atoms with Crippen molar-refractivity contribution in [1.29, 1.82) is 5.26 Å². The van der Waals surface area contributed by atoms with Crippen molar-refractivity contribution in [3.8, 4) is 6.07 Å². The average molecular weight is 291 g/mol. The number of nitrogens with zero attached hydrogens (tertiary/aromatic N) is 1. The third-order valence-electron chi connectivity index (χ3n) is 5.70. The standard InChI is InChI=1S/C19H30FN/c20-14-4-2-1-3-5-16-6-10-18(11-7-16)19-12-8-17(15-21)9-13-19/h1-2,16-19H,3-14H2/b2-1+. The normalized spacial score (nSPS) is 33.9. The fourth-order valence-corrected chi connectivity index (χ4v) is 4.30. The molecule has 21 heavy (non-hydrogen) atoms. The smallest absolute Gasteiger partial charge is 0.0928 e. The molecule has 2 rings (SSSR count). The van der Waals surface area contributed by atoms with Crippen LogP contribution in [-0.2, 0) is 0 Å². The van der Waals surface area contributed by atoms with E-state index in [2.05, 4.69) is 12.1 Å². The summed E-state index contributed by atoms with van der Waals surface area (Å²) in [5.74, 6) is 3.07. The summed E-state index contributed by atoms with van der Waals surface area (Å²) >= 11 is 0. The number of nitriles is 1. The lowest BCUT2D eigenvalue weighted by atomic mass is 9.69. The zero-order chi connectivity index (χ0) is 14.9. The number of hydrogen-bond donors (Lipinski definition) is 0. The van der Waals surface area contributed by atoms with Crippen molar-refractivity contribution in [2.75, 3.05) is 6.67 Å². The third-order valence-corrected chi connectivity index (χ3v) is 5.70. The van der Waals surface area contributed by atoms with E-state index in [1.54, 1.807) is 0 Å². The van der Waals surface area contributed by atoms with Crippen molar-refractivity contribution in [2.24, 2.45) is 23.7 Å². The molecule has 2 fully saturated rings. The highest BCUT2D eigenvalue weighted by atomic mass is 19.1. The number of alkyl halides is 1. The van der Waals surface area contributed by atoms with Crippen LogP contribution >= 0.6 is 0 Å². The van der Waals surface area contributed by atoms with E-state index in [1.807, 2.05) is 6.08 Å². The maximum Gasteiger partial charge on any atom is 0.0928 e. The van der Waals surface area contributed by atoms with E-state index < -0.39 is 0 Å². The molecule has 0 aromatic rings. The Bertz CT molecular complexity index is 341. The fraction of sp³-hybridized carbons (Fsp3) is 0.842. The Hall–Kier alpha value is -0.840. The minimum absolute atomic E-state index is 0.227. The fourth-order valence-electron chi connectivity index (χ4n) is 4.30. The van der Waals surface area contributed by atoms with Gasteiger partial charge in [0.1, 0.15) is 0 Å². The molecule has 0 amide bonds. The highest BCUT2D eigenvalue weighted by Crippen LogP contribution is 2.42. The van der Waals surface area contributed by atoms with E-state index in [9.17, 15) is 4.39 Å². The van der Waals surface area contributed by atoms with Gasteiger partial charge in [-0.05, 0) is 75.5 Å². The van der Waals surface area contributed by atoms with E-state index in [1.165, 1.54) is 44.9 Å².